The standard InChI is InChI=1S/C24H15Cl2N3O5S/c1-32-19-12-14(2-7-18(19)34-23(30)15-8-10-27-11-9-15)13-28-16-3-5-17(6-4-16)33-24(31)21-20(25)22(26)35-29-21/h2-13H,1H3. The van der Waals surface area contributed by atoms with Crippen molar-refractivity contribution in [2.45, 2.75) is 0 Å². The lowest BCUT2D eigenvalue weighted by Gasteiger charge is -2.09. The van der Waals surface area contributed by atoms with Crippen molar-refractivity contribution < 1.29 is 23.8 Å². The largest absolute Gasteiger partial charge is 0.493 e. The highest BCUT2D eigenvalue weighted by molar-refractivity contribution is 7.11. The molecule has 2 heterocycles. The lowest BCUT2D eigenvalue weighted by atomic mass is 10.2. The maximum Gasteiger partial charge on any atom is 0.365 e. The van der Waals surface area contributed by atoms with Gasteiger partial charge in [-0.25, -0.2) is 9.59 Å². The molecule has 176 valence electrons. The number of aliphatic imine (C=N–C) groups is 1. The van der Waals surface area contributed by atoms with Gasteiger partial charge in [0.25, 0.3) is 0 Å². The Balaban J connectivity index is 1.41. The summed E-state index contributed by atoms with van der Waals surface area (Å²) in [5.41, 5.74) is 1.68. The van der Waals surface area contributed by atoms with E-state index in [0.29, 0.717) is 22.7 Å². The van der Waals surface area contributed by atoms with Gasteiger partial charge in [0.1, 0.15) is 15.1 Å². The zero-order chi connectivity index (χ0) is 24.8. The van der Waals surface area contributed by atoms with Gasteiger partial charge in [0.2, 0.25) is 0 Å². The molecule has 0 unspecified atom stereocenters. The summed E-state index contributed by atoms with van der Waals surface area (Å²) >= 11 is 12.7. The van der Waals surface area contributed by atoms with Crippen molar-refractivity contribution >= 4 is 58.6 Å². The van der Waals surface area contributed by atoms with Crippen LogP contribution in [0.25, 0.3) is 0 Å². The van der Waals surface area contributed by atoms with Gasteiger partial charge in [-0.15, -0.1) is 0 Å². The summed E-state index contributed by atoms with van der Waals surface area (Å²) in [5, 5.41) is 0.0662. The summed E-state index contributed by atoms with van der Waals surface area (Å²) in [6, 6.07) is 14.7. The Morgan fingerprint density at radius 1 is 0.943 bits per heavy atom. The molecule has 0 saturated carbocycles. The van der Waals surface area contributed by atoms with Crippen molar-refractivity contribution in [3.63, 3.8) is 0 Å². The first kappa shape index (κ1) is 24.3. The molecule has 0 atom stereocenters. The molecular formula is C24H15Cl2N3O5S. The highest BCUT2D eigenvalue weighted by Crippen LogP contribution is 2.31. The zero-order valence-corrected chi connectivity index (χ0v) is 20.3. The average Bonchev–Trinajstić information content (AvgIpc) is 3.22. The van der Waals surface area contributed by atoms with E-state index in [1.807, 2.05) is 0 Å². The zero-order valence-electron chi connectivity index (χ0n) is 18.0. The molecule has 35 heavy (non-hydrogen) atoms. The monoisotopic (exact) mass is 527 g/mol. The van der Waals surface area contributed by atoms with Crippen LogP contribution < -0.4 is 14.2 Å². The van der Waals surface area contributed by atoms with E-state index in [9.17, 15) is 9.59 Å². The Morgan fingerprint density at radius 3 is 2.34 bits per heavy atom. The molecular weight excluding hydrogens is 513 g/mol. The predicted octanol–water partition coefficient (Wildman–Crippen LogP) is 6.04. The van der Waals surface area contributed by atoms with Crippen LogP contribution in [0.3, 0.4) is 0 Å². The van der Waals surface area contributed by atoms with Gasteiger partial charge in [0.05, 0.1) is 18.4 Å². The quantitative estimate of drug-likeness (QED) is 0.164. The van der Waals surface area contributed by atoms with E-state index in [1.54, 1.807) is 60.8 Å². The number of hydrogen-bond donors (Lipinski definition) is 0. The van der Waals surface area contributed by atoms with Crippen molar-refractivity contribution in [3.05, 3.63) is 93.2 Å². The average molecular weight is 528 g/mol. The second kappa shape index (κ2) is 11.1. The number of pyridine rings is 1. The van der Waals surface area contributed by atoms with Crippen LogP contribution in [-0.2, 0) is 0 Å². The molecule has 0 amide bonds. The molecule has 0 radical (unpaired) electrons. The van der Waals surface area contributed by atoms with Crippen LogP contribution in [0.15, 0.2) is 72.0 Å². The van der Waals surface area contributed by atoms with Gasteiger partial charge < -0.3 is 14.2 Å². The molecule has 4 rings (SSSR count). The molecule has 0 saturated heterocycles. The number of hydrogen-bond acceptors (Lipinski definition) is 9. The number of carbonyl (C=O) groups excluding carboxylic acids is 2. The lowest BCUT2D eigenvalue weighted by molar-refractivity contribution is 0.0720. The van der Waals surface area contributed by atoms with Crippen molar-refractivity contribution in [2.24, 2.45) is 4.99 Å². The number of methoxy groups -OCH3 is 1. The number of aromatic nitrogens is 2. The number of nitrogens with zero attached hydrogens (tertiary/aromatic N) is 3. The Hall–Kier alpha value is -3.79. The second-order valence-corrected chi connectivity index (χ2v) is 8.55. The fraction of sp³-hybridized carbons (Fsp3) is 0.0417. The molecule has 0 fully saturated rings. The Morgan fingerprint density at radius 2 is 1.69 bits per heavy atom. The molecule has 2 aromatic heterocycles. The molecule has 11 heteroatoms. The van der Waals surface area contributed by atoms with Crippen molar-refractivity contribution in [2.75, 3.05) is 7.11 Å². The van der Waals surface area contributed by atoms with E-state index in [-0.39, 0.29) is 20.8 Å². The summed E-state index contributed by atoms with van der Waals surface area (Å²) in [6.07, 6.45) is 4.64. The third-order valence-corrected chi connectivity index (χ3v) is 6.12. The number of carbonyl (C=O) groups is 2. The van der Waals surface area contributed by atoms with E-state index in [4.69, 9.17) is 37.4 Å². The van der Waals surface area contributed by atoms with Gasteiger partial charge in [-0.2, -0.15) is 4.37 Å². The molecule has 0 spiro atoms. The molecule has 0 N–H and O–H groups in total. The summed E-state index contributed by atoms with van der Waals surface area (Å²) in [6.45, 7) is 0. The molecule has 0 aliphatic carbocycles. The molecule has 0 aliphatic rings. The molecule has 0 aliphatic heterocycles. The van der Waals surface area contributed by atoms with Gasteiger partial charge >= 0.3 is 11.9 Å². The summed E-state index contributed by atoms with van der Waals surface area (Å²) in [7, 11) is 1.48. The molecule has 2 aromatic carbocycles. The first-order valence-corrected chi connectivity index (χ1v) is 11.4. The van der Waals surface area contributed by atoms with Gasteiger partial charge in [-0.05, 0) is 71.7 Å². The third-order valence-electron chi connectivity index (χ3n) is 4.51. The van der Waals surface area contributed by atoms with E-state index in [0.717, 1.165) is 17.1 Å². The molecule has 0 bridgehead atoms. The normalized spacial score (nSPS) is 10.8. The van der Waals surface area contributed by atoms with Crippen LogP contribution in [0, 0.1) is 0 Å². The SMILES string of the molecule is COc1cc(C=Nc2ccc(OC(=O)c3nsc(Cl)c3Cl)cc2)ccc1OC(=O)c1ccncc1. The van der Waals surface area contributed by atoms with E-state index < -0.39 is 11.9 Å². The third kappa shape index (κ3) is 6.02. The molecule has 4 aromatic rings. The van der Waals surface area contributed by atoms with Crippen LogP contribution in [0.5, 0.6) is 17.2 Å². The summed E-state index contributed by atoms with van der Waals surface area (Å²) in [5.74, 6) is -0.269. The lowest BCUT2D eigenvalue weighted by Crippen LogP contribution is -2.09. The van der Waals surface area contributed by atoms with Crippen molar-refractivity contribution in [1.29, 1.82) is 0 Å². The number of ether oxygens (including phenoxy) is 3. The van der Waals surface area contributed by atoms with Crippen LogP contribution in [0.4, 0.5) is 5.69 Å². The topological polar surface area (TPSA) is 100.0 Å². The summed E-state index contributed by atoms with van der Waals surface area (Å²) in [4.78, 5) is 32.8. The first-order chi connectivity index (χ1) is 16.9. The summed E-state index contributed by atoms with van der Waals surface area (Å²) < 4.78 is 20.2. The maximum atomic E-state index is 12.3. The Bertz CT molecular complexity index is 1390. The number of esters is 2. The second-order valence-electron chi connectivity index (χ2n) is 6.80. The maximum absolute atomic E-state index is 12.3. The van der Waals surface area contributed by atoms with E-state index >= 15 is 0 Å². The number of benzene rings is 2. The van der Waals surface area contributed by atoms with Gasteiger partial charge in [-0.1, -0.05) is 23.2 Å². The smallest absolute Gasteiger partial charge is 0.365 e. The van der Waals surface area contributed by atoms with Crippen LogP contribution in [0.1, 0.15) is 26.4 Å². The Labute approximate surface area is 213 Å². The van der Waals surface area contributed by atoms with Crippen LogP contribution >= 0.6 is 34.7 Å². The van der Waals surface area contributed by atoms with Crippen LogP contribution in [0.2, 0.25) is 9.36 Å². The van der Waals surface area contributed by atoms with Crippen LogP contribution in [-0.4, -0.2) is 34.6 Å². The van der Waals surface area contributed by atoms with Gasteiger partial charge in [0, 0.05) is 18.6 Å². The first-order valence-electron chi connectivity index (χ1n) is 9.92. The van der Waals surface area contributed by atoms with Gasteiger partial charge in [-0.3, -0.25) is 9.98 Å². The highest BCUT2D eigenvalue weighted by Gasteiger charge is 2.19. The number of halogens is 2. The fourth-order valence-electron chi connectivity index (χ4n) is 2.79. The van der Waals surface area contributed by atoms with E-state index in [1.165, 1.54) is 19.5 Å². The van der Waals surface area contributed by atoms with E-state index in [2.05, 4.69) is 14.3 Å². The minimum Gasteiger partial charge on any atom is -0.493 e. The number of rotatable bonds is 7. The van der Waals surface area contributed by atoms with Gasteiger partial charge in [0.15, 0.2) is 17.2 Å². The van der Waals surface area contributed by atoms with Crippen molar-refractivity contribution in [1.82, 2.24) is 9.36 Å². The minimum atomic E-state index is -0.703. The Kier molecular flexibility index (Phi) is 7.71. The highest BCUT2D eigenvalue weighted by atomic mass is 35.5. The fourth-order valence-corrected chi connectivity index (χ4v) is 3.77. The van der Waals surface area contributed by atoms with Crippen molar-refractivity contribution in [3.8, 4) is 17.2 Å². The molecule has 8 nitrogen and oxygen atoms in total. The predicted molar refractivity (Wildman–Crippen MR) is 133 cm³/mol. The minimum absolute atomic E-state index is 0.0346.